The quantitative estimate of drug-likeness (QED) is 0.759. The van der Waals surface area contributed by atoms with E-state index in [1.54, 1.807) is 7.11 Å². The summed E-state index contributed by atoms with van der Waals surface area (Å²) in [5.74, 6) is 1.32. The lowest BCUT2D eigenvalue weighted by Gasteiger charge is -2.33. The van der Waals surface area contributed by atoms with Crippen molar-refractivity contribution in [2.75, 3.05) is 25.1 Å². The molecule has 1 aliphatic heterocycles. The predicted molar refractivity (Wildman–Crippen MR) is 61.7 cm³/mol. The first-order valence-corrected chi connectivity index (χ1v) is 5.51. The number of hydrogen-bond acceptors (Lipinski definition) is 3. The Morgan fingerprint density at radius 3 is 2.60 bits per heavy atom. The zero-order chi connectivity index (χ0) is 10.8. The van der Waals surface area contributed by atoms with Gasteiger partial charge in [-0.05, 0) is 12.3 Å². The van der Waals surface area contributed by atoms with Gasteiger partial charge in [0.2, 0.25) is 0 Å². The summed E-state index contributed by atoms with van der Waals surface area (Å²) in [6.07, 6.45) is 3.24. The summed E-state index contributed by atoms with van der Waals surface area (Å²) in [4.78, 5) is 6.80. The molecule has 0 N–H and O–H groups in total. The fourth-order valence-corrected chi connectivity index (χ4v) is 1.79. The molecule has 0 aliphatic carbocycles. The zero-order valence-electron chi connectivity index (χ0n) is 9.66. The van der Waals surface area contributed by atoms with E-state index in [1.165, 1.54) is 12.1 Å². The van der Waals surface area contributed by atoms with Crippen LogP contribution in [0.2, 0.25) is 0 Å². The first-order chi connectivity index (χ1) is 7.22. The molecule has 1 aromatic rings. The molecule has 0 bridgehead atoms. The van der Waals surface area contributed by atoms with Crippen LogP contribution in [-0.2, 0) is 0 Å². The van der Waals surface area contributed by atoms with E-state index in [4.69, 9.17) is 4.74 Å². The van der Waals surface area contributed by atoms with E-state index < -0.39 is 0 Å². The van der Waals surface area contributed by atoms with Crippen LogP contribution in [-0.4, -0.2) is 25.2 Å². The number of methoxy groups -OCH3 is 1. The summed E-state index contributed by atoms with van der Waals surface area (Å²) >= 11 is 0. The fraction of sp³-hybridized carbons (Fsp3) is 0.583. The van der Waals surface area contributed by atoms with Gasteiger partial charge >= 0.3 is 0 Å². The van der Waals surface area contributed by atoms with E-state index >= 15 is 0 Å². The van der Waals surface area contributed by atoms with Crippen molar-refractivity contribution in [3.63, 3.8) is 0 Å². The molecule has 2 heterocycles. The highest BCUT2D eigenvalue weighted by atomic mass is 16.5. The molecule has 3 nitrogen and oxygen atoms in total. The van der Waals surface area contributed by atoms with Crippen molar-refractivity contribution in [3.8, 4) is 5.75 Å². The van der Waals surface area contributed by atoms with E-state index in [2.05, 4.69) is 29.8 Å². The van der Waals surface area contributed by atoms with E-state index in [1.807, 2.05) is 6.20 Å². The van der Waals surface area contributed by atoms with E-state index in [9.17, 15) is 0 Å². The Balaban J connectivity index is 2.29. The molecule has 1 aromatic heterocycles. The van der Waals surface area contributed by atoms with Gasteiger partial charge in [-0.3, -0.25) is 4.98 Å². The molecule has 1 aliphatic rings. The third kappa shape index (κ3) is 1.91. The molecule has 82 valence electrons. The summed E-state index contributed by atoms with van der Waals surface area (Å²) in [6, 6.07) is 2.10. The molecule has 1 fully saturated rings. The topological polar surface area (TPSA) is 25.4 Å². The van der Waals surface area contributed by atoms with Crippen molar-refractivity contribution in [2.45, 2.75) is 26.2 Å². The molecule has 15 heavy (non-hydrogen) atoms. The van der Waals surface area contributed by atoms with Gasteiger partial charge in [-0.15, -0.1) is 0 Å². The first-order valence-electron chi connectivity index (χ1n) is 5.51. The van der Waals surface area contributed by atoms with Crippen molar-refractivity contribution in [1.82, 2.24) is 4.98 Å². The zero-order valence-corrected chi connectivity index (χ0v) is 9.66. The van der Waals surface area contributed by atoms with Crippen molar-refractivity contribution in [1.29, 1.82) is 0 Å². The third-order valence-electron chi connectivity index (χ3n) is 2.86. The number of ether oxygens (including phenoxy) is 1. The summed E-state index contributed by atoms with van der Waals surface area (Å²) in [5, 5.41) is 0. The largest absolute Gasteiger partial charge is 0.495 e. The van der Waals surface area contributed by atoms with Crippen molar-refractivity contribution in [3.05, 3.63) is 18.0 Å². The molecule has 0 unspecified atom stereocenters. The maximum absolute atomic E-state index is 5.38. The second kappa shape index (κ2) is 4.09. The molecule has 0 radical (unpaired) electrons. The lowest BCUT2D eigenvalue weighted by Crippen LogP contribution is -2.37. The summed E-state index contributed by atoms with van der Waals surface area (Å²) < 4.78 is 5.38. The maximum Gasteiger partial charge on any atom is 0.142 e. The Hall–Kier alpha value is -1.25. The van der Waals surface area contributed by atoms with E-state index in [0.29, 0.717) is 5.92 Å². The molecule has 0 saturated carbocycles. The lowest BCUT2D eigenvalue weighted by molar-refractivity contribution is 0.404. The monoisotopic (exact) mass is 206 g/mol. The maximum atomic E-state index is 5.38. The molecule has 3 heteroatoms. The number of nitrogens with zero attached hydrogens (tertiary/aromatic N) is 2. The van der Waals surface area contributed by atoms with Gasteiger partial charge in [0.25, 0.3) is 0 Å². The Kier molecular flexibility index (Phi) is 2.80. The fourth-order valence-electron chi connectivity index (χ4n) is 1.79. The van der Waals surface area contributed by atoms with Crippen molar-refractivity contribution < 1.29 is 4.74 Å². The second-order valence-electron chi connectivity index (χ2n) is 4.28. The van der Waals surface area contributed by atoms with E-state index in [0.717, 1.165) is 24.5 Å². The van der Waals surface area contributed by atoms with Crippen LogP contribution in [0.4, 0.5) is 5.69 Å². The molecule has 0 aromatic carbocycles. The summed E-state index contributed by atoms with van der Waals surface area (Å²) in [6.45, 7) is 6.56. The van der Waals surface area contributed by atoms with Gasteiger partial charge in [0.05, 0.1) is 24.7 Å². The first kappa shape index (κ1) is 10.3. The Morgan fingerprint density at radius 2 is 2.13 bits per heavy atom. The van der Waals surface area contributed by atoms with Crippen LogP contribution < -0.4 is 9.64 Å². The van der Waals surface area contributed by atoms with Crippen LogP contribution in [0, 0.1) is 0 Å². The highest BCUT2D eigenvalue weighted by molar-refractivity contribution is 5.52. The third-order valence-corrected chi connectivity index (χ3v) is 2.86. The van der Waals surface area contributed by atoms with Gasteiger partial charge in [-0.1, -0.05) is 13.8 Å². The average Bonchev–Trinajstić information content (AvgIpc) is 2.14. The Labute approximate surface area is 91.1 Å². The average molecular weight is 206 g/mol. The van der Waals surface area contributed by atoms with Crippen molar-refractivity contribution >= 4 is 5.69 Å². The number of aromatic nitrogens is 1. The van der Waals surface area contributed by atoms with Crippen molar-refractivity contribution in [2.24, 2.45) is 0 Å². The van der Waals surface area contributed by atoms with Gasteiger partial charge in [0, 0.05) is 19.2 Å². The second-order valence-corrected chi connectivity index (χ2v) is 4.28. The number of pyridine rings is 1. The normalized spacial score (nSPS) is 15.3. The highest BCUT2D eigenvalue weighted by Crippen LogP contribution is 2.29. The SMILES string of the molecule is COc1cc(N2CCC2)cnc1C(C)C. The molecular formula is C12H18N2O. The summed E-state index contributed by atoms with van der Waals surface area (Å²) in [7, 11) is 1.71. The van der Waals surface area contributed by atoms with Crippen LogP contribution in [0.5, 0.6) is 5.75 Å². The van der Waals surface area contributed by atoms with Gasteiger partial charge in [-0.25, -0.2) is 0 Å². The predicted octanol–water partition coefficient (Wildman–Crippen LogP) is 2.42. The van der Waals surface area contributed by atoms with Gasteiger partial charge in [-0.2, -0.15) is 0 Å². The van der Waals surface area contributed by atoms with Gasteiger partial charge in [0.15, 0.2) is 0 Å². The molecule has 0 amide bonds. The smallest absolute Gasteiger partial charge is 0.142 e. The van der Waals surface area contributed by atoms with Crippen LogP contribution >= 0.6 is 0 Å². The minimum Gasteiger partial charge on any atom is -0.495 e. The number of anilines is 1. The highest BCUT2D eigenvalue weighted by Gasteiger charge is 2.17. The molecule has 1 saturated heterocycles. The van der Waals surface area contributed by atoms with Crippen LogP contribution in [0.25, 0.3) is 0 Å². The lowest BCUT2D eigenvalue weighted by atomic mass is 10.1. The Morgan fingerprint density at radius 1 is 1.40 bits per heavy atom. The van der Waals surface area contributed by atoms with Crippen LogP contribution in [0.15, 0.2) is 12.3 Å². The van der Waals surface area contributed by atoms with Crippen LogP contribution in [0.3, 0.4) is 0 Å². The molecular weight excluding hydrogens is 188 g/mol. The minimum absolute atomic E-state index is 0.408. The van der Waals surface area contributed by atoms with Crippen LogP contribution in [0.1, 0.15) is 31.9 Å². The number of hydrogen-bond donors (Lipinski definition) is 0. The van der Waals surface area contributed by atoms with Gasteiger partial charge < -0.3 is 9.64 Å². The Bertz CT molecular complexity index is 345. The molecule has 0 spiro atoms. The van der Waals surface area contributed by atoms with Gasteiger partial charge in [0.1, 0.15) is 5.75 Å². The minimum atomic E-state index is 0.408. The standard InChI is InChI=1S/C12H18N2O/c1-9(2)12-11(15-3)7-10(8-13-12)14-5-4-6-14/h7-9H,4-6H2,1-3H3. The molecule has 0 atom stereocenters. The van der Waals surface area contributed by atoms with E-state index in [-0.39, 0.29) is 0 Å². The number of rotatable bonds is 3. The molecule has 2 rings (SSSR count). The summed E-state index contributed by atoms with van der Waals surface area (Å²) in [5.41, 5.74) is 2.23.